The van der Waals surface area contributed by atoms with E-state index in [2.05, 4.69) is 5.11 Å². The van der Waals surface area contributed by atoms with Crippen LogP contribution < -0.4 is 5.73 Å². The third kappa shape index (κ3) is 2.05. The molecule has 0 spiro atoms. The molecule has 4 heteroatoms. The summed E-state index contributed by atoms with van der Waals surface area (Å²) < 4.78 is 4.72. The molecule has 0 unspecified atom stereocenters. The van der Waals surface area contributed by atoms with Crippen LogP contribution in [0, 0.1) is 11.4 Å². The number of ether oxygens (including phenoxy) is 1. The SMILES string of the molecule is CO/C(N=N)=C(/N)C(C)C. The Hall–Kier alpha value is -1.06. The van der Waals surface area contributed by atoms with Gasteiger partial charge >= 0.3 is 0 Å². The maximum Gasteiger partial charge on any atom is 0.251 e. The molecule has 0 fully saturated rings. The summed E-state index contributed by atoms with van der Waals surface area (Å²) in [5.74, 6) is 0.374. The van der Waals surface area contributed by atoms with Gasteiger partial charge in [-0.1, -0.05) is 13.8 Å². The van der Waals surface area contributed by atoms with Crippen LogP contribution >= 0.6 is 0 Å². The average Bonchev–Trinajstić information content (AvgIpc) is 1.90. The van der Waals surface area contributed by atoms with Gasteiger partial charge in [-0.2, -0.15) is 0 Å². The number of nitrogens with one attached hydrogen (secondary N) is 1. The second kappa shape index (κ2) is 3.87. The lowest BCUT2D eigenvalue weighted by atomic mass is 10.1. The summed E-state index contributed by atoms with van der Waals surface area (Å²) in [5, 5.41) is 3.11. The number of nitrogens with zero attached hydrogens (tertiary/aromatic N) is 1. The van der Waals surface area contributed by atoms with Crippen molar-refractivity contribution in [2.75, 3.05) is 7.11 Å². The normalized spacial score (nSPS) is 12.8. The molecule has 10 heavy (non-hydrogen) atoms. The van der Waals surface area contributed by atoms with Crippen molar-refractivity contribution >= 4 is 0 Å². The summed E-state index contributed by atoms with van der Waals surface area (Å²) in [7, 11) is 1.45. The number of hydrogen-bond donors (Lipinski definition) is 2. The van der Waals surface area contributed by atoms with Gasteiger partial charge in [0.2, 0.25) is 0 Å². The van der Waals surface area contributed by atoms with Crippen molar-refractivity contribution in [3.8, 4) is 0 Å². The van der Waals surface area contributed by atoms with Crippen LogP contribution in [0.3, 0.4) is 0 Å². The molecule has 3 N–H and O–H groups in total. The Bertz CT molecular complexity index is 151. The Morgan fingerprint density at radius 2 is 2.10 bits per heavy atom. The molecule has 0 aliphatic heterocycles. The van der Waals surface area contributed by atoms with Gasteiger partial charge in [-0.05, 0) is 5.92 Å². The average molecular weight is 143 g/mol. The van der Waals surface area contributed by atoms with Crippen molar-refractivity contribution in [3.05, 3.63) is 11.6 Å². The number of allylic oxidation sites excluding steroid dienone is 1. The van der Waals surface area contributed by atoms with Gasteiger partial charge < -0.3 is 10.5 Å². The molecule has 58 valence electrons. The molecule has 0 amide bonds. The van der Waals surface area contributed by atoms with Crippen LogP contribution in [0.5, 0.6) is 0 Å². The molecule has 0 bridgehead atoms. The molecule has 4 nitrogen and oxygen atoms in total. The van der Waals surface area contributed by atoms with Gasteiger partial charge in [-0.15, -0.1) is 5.11 Å². The summed E-state index contributed by atoms with van der Waals surface area (Å²) in [5.41, 5.74) is 12.7. The largest absolute Gasteiger partial charge is 0.479 e. The monoisotopic (exact) mass is 143 g/mol. The van der Waals surface area contributed by atoms with E-state index in [4.69, 9.17) is 16.0 Å². The Balaban J connectivity index is 4.42. The van der Waals surface area contributed by atoms with Gasteiger partial charge in [-0.3, -0.25) is 0 Å². The molecule has 0 aromatic heterocycles. The van der Waals surface area contributed by atoms with Crippen molar-refractivity contribution in [1.82, 2.24) is 0 Å². The fraction of sp³-hybridized carbons (Fsp3) is 0.667. The molecule has 0 rings (SSSR count). The minimum atomic E-state index is 0.170. The quantitative estimate of drug-likeness (QED) is 0.463. The van der Waals surface area contributed by atoms with Crippen molar-refractivity contribution in [3.63, 3.8) is 0 Å². The predicted molar refractivity (Wildman–Crippen MR) is 38.2 cm³/mol. The maximum atomic E-state index is 6.65. The molecule has 0 radical (unpaired) electrons. The smallest absolute Gasteiger partial charge is 0.251 e. The molecule has 0 aromatic rings. The second-order valence-corrected chi connectivity index (χ2v) is 2.23. The van der Waals surface area contributed by atoms with Gasteiger partial charge in [0.25, 0.3) is 5.88 Å². The van der Waals surface area contributed by atoms with Crippen LogP contribution in [-0.4, -0.2) is 7.11 Å². The fourth-order valence-corrected chi connectivity index (χ4v) is 0.475. The zero-order valence-electron chi connectivity index (χ0n) is 6.51. The summed E-state index contributed by atoms with van der Waals surface area (Å²) in [6, 6.07) is 0. The van der Waals surface area contributed by atoms with E-state index in [1.54, 1.807) is 0 Å². The highest BCUT2D eigenvalue weighted by molar-refractivity contribution is 5.04. The molecule has 0 atom stereocenters. The van der Waals surface area contributed by atoms with Crippen molar-refractivity contribution < 1.29 is 4.74 Å². The van der Waals surface area contributed by atoms with Crippen LogP contribution in [0.1, 0.15) is 13.8 Å². The van der Waals surface area contributed by atoms with Gasteiger partial charge in [0.05, 0.1) is 12.8 Å². The van der Waals surface area contributed by atoms with Crippen LogP contribution in [0.4, 0.5) is 0 Å². The Morgan fingerprint density at radius 1 is 1.60 bits per heavy atom. The first-order chi connectivity index (χ1) is 4.63. The van der Waals surface area contributed by atoms with Gasteiger partial charge in [-0.25, -0.2) is 5.53 Å². The number of methoxy groups -OCH3 is 1. The fourth-order valence-electron chi connectivity index (χ4n) is 0.475. The Morgan fingerprint density at radius 3 is 2.20 bits per heavy atom. The van der Waals surface area contributed by atoms with E-state index < -0.39 is 0 Å². The highest BCUT2D eigenvalue weighted by Gasteiger charge is 2.05. The van der Waals surface area contributed by atoms with E-state index in [0.29, 0.717) is 5.70 Å². The highest BCUT2D eigenvalue weighted by Crippen LogP contribution is 2.09. The van der Waals surface area contributed by atoms with E-state index in [9.17, 15) is 0 Å². The summed E-state index contributed by atoms with van der Waals surface area (Å²) in [4.78, 5) is 0. The van der Waals surface area contributed by atoms with Gasteiger partial charge in [0.15, 0.2) is 0 Å². The molecular weight excluding hydrogens is 130 g/mol. The Kier molecular flexibility index (Phi) is 3.46. The van der Waals surface area contributed by atoms with E-state index in [1.165, 1.54) is 7.11 Å². The minimum absolute atomic E-state index is 0.170. The standard InChI is InChI=1S/C6H13N3O/c1-4(2)5(7)6(9-8)10-3/h4,8H,7H2,1-3H3/b6-5+,9-8?. The molecule has 0 heterocycles. The topological polar surface area (TPSA) is 71.5 Å². The molecule has 0 aliphatic carbocycles. The third-order valence-corrected chi connectivity index (χ3v) is 1.16. The van der Waals surface area contributed by atoms with Crippen LogP contribution in [0.25, 0.3) is 0 Å². The van der Waals surface area contributed by atoms with Crippen molar-refractivity contribution in [1.29, 1.82) is 5.53 Å². The van der Waals surface area contributed by atoms with E-state index in [1.807, 2.05) is 13.8 Å². The van der Waals surface area contributed by atoms with Crippen LogP contribution in [0.2, 0.25) is 0 Å². The van der Waals surface area contributed by atoms with Gasteiger partial charge in [0.1, 0.15) is 0 Å². The lowest BCUT2D eigenvalue weighted by Crippen LogP contribution is -2.09. The highest BCUT2D eigenvalue weighted by atomic mass is 16.5. The van der Waals surface area contributed by atoms with Crippen LogP contribution in [-0.2, 0) is 4.74 Å². The summed E-state index contributed by atoms with van der Waals surface area (Å²) in [6.45, 7) is 3.83. The molecular formula is C6H13N3O. The molecule has 0 aliphatic rings. The van der Waals surface area contributed by atoms with E-state index >= 15 is 0 Å². The molecule has 0 saturated heterocycles. The molecule has 0 saturated carbocycles. The van der Waals surface area contributed by atoms with Crippen molar-refractivity contribution in [2.24, 2.45) is 16.8 Å². The van der Waals surface area contributed by atoms with E-state index in [-0.39, 0.29) is 11.8 Å². The number of rotatable bonds is 3. The van der Waals surface area contributed by atoms with Crippen LogP contribution in [0.15, 0.2) is 16.7 Å². The zero-order valence-corrected chi connectivity index (χ0v) is 6.51. The maximum absolute atomic E-state index is 6.65. The first-order valence-corrected chi connectivity index (χ1v) is 3.04. The van der Waals surface area contributed by atoms with E-state index in [0.717, 1.165) is 0 Å². The Labute approximate surface area is 60.6 Å². The number of hydrogen-bond acceptors (Lipinski definition) is 4. The first-order valence-electron chi connectivity index (χ1n) is 3.04. The lowest BCUT2D eigenvalue weighted by Gasteiger charge is -2.06. The first kappa shape index (κ1) is 8.94. The lowest BCUT2D eigenvalue weighted by molar-refractivity contribution is 0.272. The molecule has 0 aromatic carbocycles. The second-order valence-electron chi connectivity index (χ2n) is 2.23. The predicted octanol–water partition coefficient (Wildman–Crippen LogP) is 1.45. The number of nitrogens with two attached hydrogens (primary N) is 1. The van der Waals surface area contributed by atoms with Gasteiger partial charge in [0, 0.05) is 0 Å². The zero-order chi connectivity index (χ0) is 8.15. The summed E-state index contributed by atoms with van der Waals surface area (Å²) in [6.07, 6.45) is 0. The third-order valence-electron chi connectivity index (χ3n) is 1.16. The van der Waals surface area contributed by atoms with Crippen molar-refractivity contribution in [2.45, 2.75) is 13.8 Å². The summed E-state index contributed by atoms with van der Waals surface area (Å²) >= 11 is 0. The minimum Gasteiger partial charge on any atom is -0.479 e.